The van der Waals surface area contributed by atoms with Gasteiger partial charge in [0.25, 0.3) is 5.91 Å². The Morgan fingerprint density at radius 3 is 2.86 bits per heavy atom. The quantitative estimate of drug-likeness (QED) is 0.686. The molecule has 0 radical (unpaired) electrons. The number of piperidine rings is 1. The van der Waals surface area contributed by atoms with E-state index in [4.69, 9.17) is 0 Å². The molecule has 2 fully saturated rings. The highest BCUT2D eigenvalue weighted by molar-refractivity contribution is 5.95. The maximum atomic E-state index is 13.3. The van der Waals surface area contributed by atoms with Crippen LogP contribution in [0.25, 0.3) is 11.2 Å². The predicted molar refractivity (Wildman–Crippen MR) is 110 cm³/mol. The number of nitrogens with zero attached hydrogens (tertiary/aromatic N) is 5. The number of hydrogen-bond acceptors (Lipinski definition) is 4. The smallest absolute Gasteiger partial charge is 0.330 e. The first-order valence-electron chi connectivity index (χ1n) is 10.4. The number of aryl methyl sites for hydroxylation is 1. The van der Waals surface area contributed by atoms with E-state index in [1.54, 1.807) is 18.6 Å². The van der Waals surface area contributed by atoms with Crippen molar-refractivity contribution in [3.8, 4) is 0 Å². The minimum absolute atomic E-state index is 0.00228. The topological polar surface area (TPSA) is 73.0 Å². The average molecular weight is 391 g/mol. The van der Waals surface area contributed by atoms with Crippen molar-refractivity contribution in [2.75, 3.05) is 13.1 Å². The molecule has 2 aliphatic rings. The molecule has 4 heterocycles. The molecule has 0 N–H and O–H groups in total. The van der Waals surface area contributed by atoms with Crippen LogP contribution in [0.3, 0.4) is 0 Å². The number of likely N-dealkylation sites (tertiary alicyclic amines) is 1. The van der Waals surface area contributed by atoms with Crippen LogP contribution in [0.4, 0.5) is 0 Å². The van der Waals surface area contributed by atoms with Crippen LogP contribution in [0.1, 0.15) is 47.6 Å². The number of rotatable bonds is 4. The van der Waals surface area contributed by atoms with Crippen molar-refractivity contribution in [2.24, 2.45) is 5.92 Å². The molecule has 3 aromatic rings. The monoisotopic (exact) mass is 391 g/mol. The van der Waals surface area contributed by atoms with Crippen LogP contribution in [0.2, 0.25) is 0 Å². The number of amides is 1. The number of hydrogen-bond donors (Lipinski definition) is 0. The summed E-state index contributed by atoms with van der Waals surface area (Å²) in [6, 6.07) is 5.66. The van der Waals surface area contributed by atoms with Crippen molar-refractivity contribution in [3.63, 3.8) is 0 Å². The summed E-state index contributed by atoms with van der Waals surface area (Å²) < 4.78 is 3.71. The molecule has 3 aromatic heterocycles. The first kappa shape index (κ1) is 18.1. The molecule has 0 spiro atoms. The number of aromatic nitrogens is 4. The number of imidazole rings is 1. The largest absolute Gasteiger partial charge is 0.337 e. The second-order valence-corrected chi connectivity index (χ2v) is 8.29. The van der Waals surface area contributed by atoms with Gasteiger partial charge in [-0.25, -0.2) is 9.78 Å². The third kappa shape index (κ3) is 3.24. The van der Waals surface area contributed by atoms with Crippen molar-refractivity contribution in [2.45, 2.75) is 45.2 Å². The van der Waals surface area contributed by atoms with Crippen LogP contribution in [0.15, 0.2) is 41.6 Å². The van der Waals surface area contributed by atoms with Gasteiger partial charge in [0.15, 0.2) is 5.65 Å². The number of pyridine rings is 2. The third-order valence-electron chi connectivity index (χ3n) is 6.18. The van der Waals surface area contributed by atoms with Gasteiger partial charge in [0.05, 0.1) is 17.1 Å². The molecule has 1 aliphatic carbocycles. The Hall–Kier alpha value is -2.96. The summed E-state index contributed by atoms with van der Waals surface area (Å²) in [5.74, 6) is 0.591. The summed E-state index contributed by atoms with van der Waals surface area (Å²) in [6.45, 7) is 3.91. The van der Waals surface area contributed by atoms with Crippen molar-refractivity contribution < 1.29 is 4.79 Å². The summed E-state index contributed by atoms with van der Waals surface area (Å²) in [4.78, 5) is 36.9. The number of carbonyl (C=O) groups excluding carboxylic acids is 1. The lowest BCUT2D eigenvalue weighted by Crippen LogP contribution is -2.43. The van der Waals surface area contributed by atoms with Crippen LogP contribution in [0, 0.1) is 12.8 Å². The Morgan fingerprint density at radius 2 is 2.07 bits per heavy atom. The summed E-state index contributed by atoms with van der Waals surface area (Å²) in [5.41, 5.74) is 3.19. The standard InChI is InChI=1S/C22H25N5O2/c1-15-8-10-23-12-18(15)21(28)25-11-3-4-17(14-25)27-20-19(5-2-9-24-20)26(22(27)29)13-16-6-7-16/h2,5,8-10,12,16-17H,3-4,6-7,11,13-14H2,1H3/t17-/m0/s1. The fraction of sp³-hybridized carbons (Fsp3) is 0.455. The molecular formula is C22H25N5O2. The van der Waals surface area contributed by atoms with Crippen LogP contribution in [-0.2, 0) is 6.54 Å². The molecule has 7 nitrogen and oxygen atoms in total. The van der Waals surface area contributed by atoms with E-state index in [1.807, 2.05) is 39.2 Å². The zero-order valence-electron chi connectivity index (χ0n) is 16.6. The van der Waals surface area contributed by atoms with E-state index in [0.29, 0.717) is 24.6 Å². The normalized spacial score (nSPS) is 19.6. The molecule has 0 unspecified atom stereocenters. The van der Waals surface area contributed by atoms with E-state index in [-0.39, 0.29) is 17.6 Å². The molecule has 1 atom stereocenters. The highest BCUT2D eigenvalue weighted by atomic mass is 16.2. The van der Waals surface area contributed by atoms with Gasteiger partial charge in [0.2, 0.25) is 0 Å². The van der Waals surface area contributed by atoms with Crippen LogP contribution in [-0.4, -0.2) is 43.0 Å². The summed E-state index contributed by atoms with van der Waals surface area (Å²) in [5, 5.41) is 0. The second-order valence-electron chi connectivity index (χ2n) is 8.29. The minimum atomic E-state index is -0.0602. The molecule has 29 heavy (non-hydrogen) atoms. The summed E-state index contributed by atoms with van der Waals surface area (Å²) in [7, 11) is 0. The SMILES string of the molecule is Cc1ccncc1C(=O)N1CCC[C@H](n2c(=O)n(CC3CC3)c3cccnc32)C1. The van der Waals surface area contributed by atoms with Crippen LogP contribution in [0.5, 0.6) is 0 Å². The zero-order chi connectivity index (χ0) is 20.0. The average Bonchev–Trinajstić information content (AvgIpc) is 3.52. The van der Waals surface area contributed by atoms with Gasteiger partial charge in [0.1, 0.15) is 0 Å². The Balaban J connectivity index is 1.49. The molecular weight excluding hydrogens is 366 g/mol. The first-order chi connectivity index (χ1) is 14.1. The van der Waals surface area contributed by atoms with E-state index in [0.717, 1.165) is 36.1 Å². The van der Waals surface area contributed by atoms with Crippen LogP contribution >= 0.6 is 0 Å². The van der Waals surface area contributed by atoms with Gasteiger partial charge in [-0.3, -0.25) is 18.9 Å². The Labute approximate surface area is 169 Å². The molecule has 1 saturated carbocycles. The Kier molecular flexibility index (Phi) is 4.45. The van der Waals surface area contributed by atoms with Gasteiger partial charge >= 0.3 is 5.69 Å². The fourth-order valence-corrected chi connectivity index (χ4v) is 4.38. The van der Waals surface area contributed by atoms with E-state index in [1.165, 1.54) is 12.8 Å². The van der Waals surface area contributed by atoms with Gasteiger partial charge in [-0.1, -0.05) is 0 Å². The predicted octanol–water partition coefficient (Wildman–Crippen LogP) is 2.79. The maximum Gasteiger partial charge on any atom is 0.330 e. The van der Waals surface area contributed by atoms with Gasteiger partial charge in [0, 0.05) is 38.2 Å². The van der Waals surface area contributed by atoms with Crippen molar-refractivity contribution >= 4 is 17.1 Å². The van der Waals surface area contributed by atoms with Crippen LogP contribution < -0.4 is 5.69 Å². The first-order valence-corrected chi connectivity index (χ1v) is 10.4. The van der Waals surface area contributed by atoms with E-state index in [2.05, 4.69) is 9.97 Å². The fourth-order valence-electron chi connectivity index (χ4n) is 4.38. The Bertz CT molecular complexity index is 1130. The number of fused-ring (bicyclic) bond motifs is 1. The highest BCUT2D eigenvalue weighted by Crippen LogP contribution is 2.32. The minimum Gasteiger partial charge on any atom is -0.337 e. The van der Waals surface area contributed by atoms with E-state index >= 15 is 0 Å². The van der Waals surface area contributed by atoms with Gasteiger partial charge in [-0.2, -0.15) is 0 Å². The molecule has 1 amide bonds. The highest BCUT2D eigenvalue weighted by Gasteiger charge is 2.31. The lowest BCUT2D eigenvalue weighted by atomic mass is 10.0. The number of carbonyl (C=O) groups is 1. The third-order valence-corrected chi connectivity index (χ3v) is 6.18. The summed E-state index contributed by atoms with van der Waals surface area (Å²) >= 11 is 0. The molecule has 1 saturated heterocycles. The Morgan fingerprint density at radius 1 is 1.21 bits per heavy atom. The molecule has 1 aliphatic heterocycles. The lowest BCUT2D eigenvalue weighted by molar-refractivity contribution is 0.0678. The van der Waals surface area contributed by atoms with Gasteiger partial charge in [-0.05, 0) is 62.3 Å². The zero-order valence-corrected chi connectivity index (χ0v) is 16.6. The lowest BCUT2D eigenvalue weighted by Gasteiger charge is -2.33. The molecule has 0 bridgehead atoms. The van der Waals surface area contributed by atoms with Crippen molar-refractivity contribution in [3.05, 3.63) is 58.4 Å². The molecule has 5 rings (SSSR count). The second kappa shape index (κ2) is 7.13. The molecule has 7 heteroatoms. The van der Waals surface area contributed by atoms with Gasteiger partial charge < -0.3 is 4.90 Å². The summed E-state index contributed by atoms with van der Waals surface area (Å²) in [6.07, 6.45) is 9.19. The van der Waals surface area contributed by atoms with E-state index < -0.39 is 0 Å². The van der Waals surface area contributed by atoms with Crippen molar-refractivity contribution in [1.82, 2.24) is 24.0 Å². The van der Waals surface area contributed by atoms with Crippen molar-refractivity contribution in [1.29, 1.82) is 0 Å². The maximum absolute atomic E-state index is 13.3. The molecule has 0 aromatic carbocycles. The van der Waals surface area contributed by atoms with E-state index in [9.17, 15) is 9.59 Å². The molecule has 150 valence electrons. The van der Waals surface area contributed by atoms with Gasteiger partial charge in [-0.15, -0.1) is 0 Å².